The Balaban J connectivity index is 1.71. The van der Waals surface area contributed by atoms with Crippen LogP contribution in [0.2, 0.25) is 0 Å². The fourth-order valence-electron chi connectivity index (χ4n) is 3.50. The number of carbonyl (C=O) groups is 2. The third kappa shape index (κ3) is 5.51. The van der Waals surface area contributed by atoms with Gasteiger partial charge in [-0.15, -0.1) is 0 Å². The predicted molar refractivity (Wildman–Crippen MR) is 124 cm³/mol. The molecule has 0 fully saturated rings. The van der Waals surface area contributed by atoms with Crippen LogP contribution in [0.3, 0.4) is 0 Å². The first-order chi connectivity index (χ1) is 15.8. The lowest BCUT2D eigenvalue weighted by atomic mass is 10.1. The van der Waals surface area contributed by atoms with Gasteiger partial charge in [0.15, 0.2) is 0 Å². The van der Waals surface area contributed by atoms with E-state index in [1.54, 1.807) is 37.3 Å². The molecule has 0 saturated carbocycles. The van der Waals surface area contributed by atoms with Crippen LogP contribution in [0, 0.1) is 24.0 Å². The molecule has 1 aromatic heterocycles. The number of nitrogens with one attached hydrogen (secondary N) is 1. The highest BCUT2D eigenvalue weighted by Gasteiger charge is 2.15. The van der Waals surface area contributed by atoms with E-state index < -0.39 is 10.8 Å². The van der Waals surface area contributed by atoms with Crippen LogP contribution >= 0.6 is 0 Å². The number of hydrazone groups is 1. The van der Waals surface area contributed by atoms with Crippen molar-refractivity contribution in [3.63, 3.8) is 0 Å². The molecule has 0 radical (unpaired) electrons. The smallest absolute Gasteiger partial charge is 0.338 e. The standard InChI is InChI=1S/C24H24N4O5/c1-4-33-24(30)18-9-11-21(12-10-18)27-16(2)13-20(17(27)3)15-25-26-23(29)14-19-7-5-6-8-22(19)28(31)32/h5-13,15H,4,14H2,1-3H3,(H,26,29)/b25-15+. The van der Waals surface area contributed by atoms with Crippen molar-refractivity contribution in [3.8, 4) is 5.69 Å². The Morgan fingerprint density at radius 3 is 2.52 bits per heavy atom. The van der Waals surface area contributed by atoms with Crippen LogP contribution in [0.25, 0.3) is 5.69 Å². The van der Waals surface area contributed by atoms with Crippen molar-refractivity contribution in [2.24, 2.45) is 5.10 Å². The van der Waals surface area contributed by atoms with Gasteiger partial charge in [0.05, 0.1) is 29.7 Å². The molecule has 1 N–H and O–H groups in total. The highest BCUT2D eigenvalue weighted by atomic mass is 16.6. The second kappa shape index (κ2) is 10.4. The second-order valence-corrected chi connectivity index (χ2v) is 7.29. The number of hydrogen-bond donors (Lipinski definition) is 1. The first-order valence-electron chi connectivity index (χ1n) is 10.3. The molecule has 9 heteroatoms. The van der Waals surface area contributed by atoms with Crippen LogP contribution in [-0.2, 0) is 16.0 Å². The summed E-state index contributed by atoms with van der Waals surface area (Å²) in [6, 6.07) is 15.1. The van der Waals surface area contributed by atoms with Gasteiger partial charge in [-0.05, 0) is 51.1 Å². The fraction of sp³-hybridized carbons (Fsp3) is 0.208. The highest BCUT2D eigenvalue weighted by Crippen LogP contribution is 2.21. The number of ether oxygens (including phenoxy) is 1. The van der Waals surface area contributed by atoms with Crippen LogP contribution in [0.15, 0.2) is 59.7 Å². The zero-order valence-electron chi connectivity index (χ0n) is 18.6. The first kappa shape index (κ1) is 23.4. The van der Waals surface area contributed by atoms with Gasteiger partial charge in [-0.1, -0.05) is 18.2 Å². The SMILES string of the molecule is CCOC(=O)c1ccc(-n2c(C)cc(/C=N/NC(=O)Cc3ccccc3[N+](=O)[O-])c2C)cc1. The van der Waals surface area contributed by atoms with Crippen molar-refractivity contribution < 1.29 is 19.2 Å². The van der Waals surface area contributed by atoms with Crippen molar-refractivity contribution in [3.05, 3.63) is 92.8 Å². The summed E-state index contributed by atoms with van der Waals surface area (Å²) in [6.07, 6.45) is 1.38. The van der Waals surface area contributed by atoms with Gasteiger partial charge in [-0.25, -0.2) is 10.2 Å². The van der Waals surface area contributed by atoms with Crippen molar-refractivity contribution >= 4 is 23.8 Å². The molecule has 0 saturated heterocycles. The van der Waals surface area contributed by atoms with E-state index in [0.717, 1.165) is 22.6 Å². The van der Waals surface area contributed by atoms with Crippen molar-refractivity contribution in [2.45, 2.75) is 27.2 Å². The summed E-state index contributed by atoms with van der Waals surface area (Å²) in [5.74, 6) is -0.821. The Morgan fingerprint density at radius 2 is 1.85 bits per heavy atom. The second-order valence-electron chi connectivity index (χ2n) is 7.29. The zero-order chi connectivity index (χ0) is 24.0. The molecule has 2 aromatic carbocycles. The molecule has 9 nitrogen and oxygen atoms in total. The normalized spacial score (nSPS) is 10.9. The molecule has 1 amide bonds. The van der Waals surface area contributed by atoms with Crippen LogP contribution in [0.4, 0.5) is 5.69 Å². The molecular weight excluding hydrogens is 424 g/mol. The monoisotopic (exact) mass is 448 g/mol. The summed E-state index contributed by atoms with van der Waals surface area (Å²) in [6.45, 7) is 5.94. The van der Waals surface area contributed by atoms with E-state index >= 15 is 0 Å². The summed E-state index contributed by atoms with van der Waals surface area (Å²) in [4.78, 5) is 34.6. The lowest BCUT2D eigenvalue weighted by Crippen LogP contribution is -2.20. The zero-order valence-corrected chi connectivity index (χ0v) is 18.6. The Labute approximate surface area is 190 Å². The number of para-hydroxylation sites is 1. The number of amides is 1. The largest absolute Gasteiger partial charge is 0.462 e. The highest BCUT2D eigenvalue weighted by molar-refractivity contribution is 5.89. The number of aromatic nitrogens is 1. The van der Waals surface area contributed by atoms with Crippen molar-refractivity contribution in [1.29, 1.82) is 0 Å². The maximum absolute atomic E-state index is 12.2. The van der Waals surface area contributed by atoms with E-state index in [2.05, 4.69) is 10.5 Å². The third-order valence-electron chi connectivity index (χ3n) is 5.04. The Kier molecular flexibility index (Phi) is 7.34. The lowest BCUT2D eigenvalue weighted by molar-refractivity contribution is -0.385. The quantitative estimate of drug-likeness (QED) is 0.243. The minimum absolute atomic E-state index is 0.103. The molecule has 170 valence electrons. The molecule has 3 rings (SSSR count). The third-order valence-corrected chi connectivity index (χ3v) is 5.04. The van der Waals surface area contributed by atoms with Crippen LogP contribution in [0.1, 0.15) is 39.8 Å². The van der Waals surface area contributed by atoms with Gasteiger partial charge < -0.3 is 9.30 Å². The molecule has 0 aliphatic rings. The van der Waals surface area contributed by atoms with Gasteiger partial charge in [-0.3, -0.25) is 14.9 Å². The number of esters is 1. The molecule has 0 bridgehead atoms. The summed E-state index contributed by atoms with van der Waals surface area (Å²) in [5, 5.41) is 15.1. The summed E-state index contributed by atoms with van der Waals surface area (Å²) < 4.78 is 7.02. The van der Waals surface area contributed by atoms with Crippen LogP contribution in [-0.4, -0.2) is 34.2 Å². The number of rotatable bonds is 8. The molecule has 0 spiro atoms. The molecular formula is C24H24N4O5. The van der Waals surface area contributed by atoms with E-state index in [4.69, 9.17) is 4.74 Å². The van der Waals surface area contributed by atoms with Gasteiger partial charge >= 0.3 is 5.97 Å². The molecule has 33 heavy (non-hydrogen) atoms. The Bertz CT molecular complexity index is 1210. The van der Waals surface area contributed by atoms with Crippen LogP contribution < -0.4 is 5.43 Å². The van der Waals surface area contributed by atoms with Crippen molar-refractivity contribution in [2.75, 3.05) is 6.61 Å². The van der Waals surface area contributed by atoms with E-state index in [1.165, 1.54) is 12.3 Å². The summed E-state index contributed by atoms with van der Waals surface area (Å²) in [5.41, 5.74) is 6.63. The number of benzene rings is 2. The van der Waals surface area contributed by atoms with Gasteiger partial charge in [0, 0.05) is 34.3 Å². The van der Waals surface area contributed by atoms with Gasteiger partial charge in [0.25, 0.3) is 5.69 Å². The number of nitrogens with zero attached hydrogens (tertiary/aromatic N) is 3. The molecule has 0 atom stereocenters. The summed E-state index contributed by atoms with van der Waals surface area (Å²) >= 11 is 0. The number of nitro benzene ring substituents is 1. The minimum atomic E-state index is -0.514. The number of carbonyl (C=O) groups excluding carboxylic acids is 2. The number of nitro groups is 1. The maximum atomic E-state index is 12.2. The molecule has 0 aliphatic heterocycles. The van der Waals surface area contributed by atoms with Crippen molar-refractivity contribution in [1.82, 2.24) is 9.99 Å². The minimum Gasteiger partial charge on any atom is -0.462 e. The molecule has 0 aliphatic carbocycles. The first-order valence-corrected chi connectivity index (χ1v) is 10.3. The molecule has 0 unspecified atom stereocenters. The molecule has 1 heterocycles. The summed E-state index contributed by atoms with van der Waals surface area (Å²) in [7, 11) is 0. The fourth-order valence-corrected chi connectivity index (χ4v) is 3.50. The Hall–Kier alpha value is -4.27. The predicted octanol–water partition coefficient (Wildman–Crippen LogP) is 3.87. The number of aryl methyl sites for hydroxylation is 1. The average Bonchev–Trinajstić information content (AvgIpc) is 3.07. The van der Waals surface area contributed by atoms with E-state index in [1.807, 2.05) is 36.6 Å². The lowest BCUT2D eigenvalue weighted by Gasteiger charge is -2.10. The molecule has 3 aromatic rings. The van der Waals surface area contributed by atoms with E-state index in [-0.39, 0.29) is 18.1 Å². The van der Waals surface area contributed by atoms with Crippen LogP contribution in [0.5, 0.6) is 0 Å². The number of hydrogen-bond acceptors (Lipinski definition) is 6. The topological polar surface area (TPSA) is 116 Å². The van der Waals surface area contributed by atoms with Gasteiger partial charge in [0.1, 0.15) is 0 Å². The van der Waals surface area contributed by atoms with E-state index in [0.29, 0.717) is 17.7 Å². The van der Waals surface area contributed by atoms with Gasteiger partial charge in [-0.2, -0.15) is 5.10 Å². The average molecular weight is 448 g/mol. The van der Waals surface area contributed by atoms with Gasteiger partial charge in [0.2, 0.25) is 5.91 Å². The van der Waals surface area contributed by atoms with E-state index in [9.17, 15) is 19.7 Å². The maximum Gasteiger partial charge on any atom is 0.338 e. The Morgan fingerprint density at radius 1 is 1.15 bits per heavy atom.